The average molecular weight is 386 g/mol. The number of halogens is 1. The molecule has 28 heavy (non-hydrogen) atoms. The first-order chi connectivity index (χ1) is 13.5. The Morgan fingerprint density at radius 3 is 2.18 bits per heavy atom. The van der Waals surface area contributed by atoms with Crippen molar-refractivity contribution in [3.05, 3.63) is 71.0 Å². The molecule has 0 aliphatic rings. The molecule has 0 bridgehead atoms. The lowest BCUT2D eigenvalue weighted by Gasteiger charge is -2.19. The van der Waals surface area contributed by atoms with Crippen LogP contribution >= 0.6 is 0 Å². The Labute approximate surface area is 165 Å². The third-order valence-electron chi connectivity index (χ3n) is 4.69. The zero-order valence-corrected chi connectivity index (χ0v) is 16.6. The van der Waals surface area contributed by atoms with Crippen molar-refractivity contribution in [3.63, 3.8) is 0 Å². The highest BCUT2D eigenvalue weighted by Crippen LogP contribution is 2.19. The molecule has 6 heteroatoms. The summed E-state index contributed by atoms with van der Waals surface area (Å²) in [5.74, 6) is -1.13. The summed E-state index contributed by atoms with van der Waals surface area (Å²) in [5, 5.41) is 2.84. The van der Waals surface area contributed by atoms with E-state index in [9.17, 15) is 14.0 Å². The highest BCUT2D eigenvalue weighted by Gasteiger charge is 2.20. The van der Waals surface area contributed by atoms with Crippen LogP contribution in [-0.4, -0.2) is 37.0 Å². The molecule has 0 heterocycles. The SMILES string of the molecule is CCN(CC)Cc1ccc(C(=O)NC(CC(=O)OC)c2ccc(F)cc2)cc1. The van der Waals surface area contributed by atoms with Crippen LogP contribution in [0.15, 0.2) is 48.5 Å². The van der Waals surface area contributed by atoms with Crippen molar-refractivity contribution in [2.24, 2.45) is 0 Å². The van der Waals surface area contributed by atoms with Gasteiger partial charge in [0.15, 0.2) is 0 Å². The molecule has 0 radical (unpaired) electrons. The van der Waals surface area contributed by atoms with E-state index >= 15 is 0 Å². The first-order valence-electron chi connectivity index (χ1n) is 9.41. The van der Waals surface area contributed by atoms with Crippen molar-refractivity contribution in [3.8, 4) is 0 Å². The second-order valence-corrected chi connectivity index (χ2v) is 6.52. The molecule has 1 unspecified atom stereocenters. The summed E-state index contributed by atoms with van der Waals surface area (Å²) in [4.78, 5) is 26.7. The fourth-order valence-electron chi connectivity index (χ4n) is 2.91. The van der Waals surface area contributed by atoms with Gasteiger partial charge in [0.25, 0.3) is 5.91 Å². The van der Waals surface area contributed by atoms with Crippen molar-refractivity contribution < 1.29 is 18.7 Å². The van der Waals surface area contributed by atoms with Gasteiger partial charge >= 0.3 is 5.97 Å². The summed E-state index contributed by atoms with van der Waals surface area (Å²) in [5.41, 5.74) is 2.27. The van der Waals surface area contributed by atoms with Gasteiger partial charge in [0.1, 0.15) is 5.82 Å². The van der Waals surface area contributed by atoms with Gasteiger partial charge in [0, 0.05) is 12.1 Å². The number of nitrogens with one attached hydrogen (secondary N) is 1. The van der Waals surface area contributed by atoms with Gasteiger partial charge in [-0.3, -0.25) is 14.5 Å². The molecule has 1 atom stereocenters. The van der Waals surface area contributed by atoms with Crippen LogP contribution in [-0.2, 0) is 16.1 Å². The fourth-order valence-corrected chi connectivity index (χ4v) is 2.91. The topological polar surface area (TPSA) is 58.6 Å². The third kappa shape index (κ3) is 6.16. The number of carbonyl (C=O) groups excluding carboxylic acids is 2. The predicted molar refractivity (Wildman–Crippen MR) is 106 cm³/mol. The summed E-state index contributed by atoms with van der Waals surface area (Å²) < 4.78 is 17.9. The second kappa shape index (κ2) is 10.6. The van der Waals surface area contributed by atoms with Gasteiger partial charge in [-0.25, -0.2) is 4.39 Å². The van der Waals surface area contributed by atoms with E-state index in [4.69, 9.17) is 4.74 Å². The number of hydrogen-bond donors (Lipinski definition) is 1. The van der Waals surface area contributed by atoms with Crippen molar-refractivity contribution >= 4 is 11.9 Å². The number of carbonyl (C=O) groups is 2. The maximum atomic E-state index is 13.2. The zero-order valence-electron chi connectivity index (χ0n) is 16.6. The van der Waals surface area contributed by atoms with E-state index in [1.54, 1.807) is 24.3 Å². The van der Waals surface area contributed by atoms with Crippen molar-refractivity contribution in [2.75, 3.05) is 20.2 Å². The van der Waals surface area contributed by atoms with Crippen LogP contribution in [0.1, 0.15) is 47.8 Å². The van der Waals surface area contributed by atoms with Crippen LogP contribution in [0.3, 0.4) is 0 Å². The number of rotatable bonds is 9. The van der Waals surface area contributed by atoms with Gasteiger partial charge in [0.05, 0.1) is 19.6 Å². The molecule has 0 spiro atoms. The number of ether oxygens (including phenoxy) is 1. The molecule has 2 aromatic rings. The van der Waals surface area contributed by atoms with Crippen molar-refractivity contribution in [2.45, 2.75) is 32.9 Å². The van der Waals surface area contributed by atoms with Gasteiger partial charge in [-0.15, -0.1) is 0 Å². The minimum atomic E-state index is -0.601. The van der Waals surface area contributed by atoms with Crippen molar-refractivity contribution in [1.29, 1.82) is 0 Å². The molecule has 1 amide bonds. The summed E-state index contributed by atoms with van der Waals surface area (Å²) in [6.07, 6.45) is -0.0338. The number of hydrogen-bond acceptors (Lipinski definition) is 4. The predicted octanol–water partition coefficient (Wildman–Crippen LogP) is 3.70. The Balaban J connectivity index is 2.11. The molecular weight excluding hydrogens is 359 g/mol. The third-order valence-corrected chi connectivity index (χ3v) is 4.69. The lowest BCUT2D eigenvalue weighted by Crippen LogP contribution is -2.30. The molecule has 0 aliphatic carbocycles. The molecule has 0 fully saturated rings. The molecule has 2 rings (SSSR count). The Morgan fingerprint density at radius 2 is 1.64 bits per heavy atom. The minimum absolute atomic E-state index is 0.0338. The Kier molecular flexibility index (Phi) is 8.14. The molecule has 0 saturated heterocycles. The first kappa shape index (κ1) is 21.6. The molecule has 150 valence electrons. The van der Waals surface area contributed by atoms with Crippen LogP contribution in [0.25, 0.3) is 0 Å². The van der Waals surface area contributed by atoms with E-state index in [1.807, 2.05) is 12.1 Å². The highest BCUT2D eigenvalue weighted by molar-refractivity contribution is 5.94. The summed E-state index contributed by atoms with van der Waals surface area (Å²) in [7, 11) is 1.29. The van der Waals surface area contributed by atoms with E-state index in [0.717, 1.165) is 25.2 Å². The van der Waals surface area contributed by atoms with Crippen molar-refractivity contribution in [1.82, 2.24) is 10.2 Å². The Hall–Kier alpha value is -2.73. The van der Waals surface area contributed by atoms with Gasteiger partial charge in [-0.2, -0.15) is 0 Å². The molecule has 1 N–H and O–H groups in total. The lowest BCUT2D eigenvalue weighted by atomic mass is 10.0. The molecule has 0 aromatic heterocycles. The maximum Gasteiger partial charge on any atom is 0.307 e. The van der Waals surface area contributed by atoms with E-state index in [0.29, 0.717) is 11.1 Å². The standard InChI is InChI=1S/C22H27FN2O3/c1-4-25(5-2)15-16-6-8-18(9-7-16)22(27)24-20(14-21(26)28-3)17-10-12-19(23)13-11-17/h6-13,20H,4-5,14-15H2,1-3H3,(H,24,27). The van der Waals surface area contributed by atoms with E-state index < -0.39 is 12.0 Å². The first-order valence-corrected chi connectivity index (χ1v) is 9.41. The molecule has 0 saturated carbocycles. The smallest absolute Gasteiger partial charge is 0.307 e. The normalized spacial score (nSPS) is 11.9. The number of amides is 1. The minimum Gasteiger partial charge on any atom is -0.469 e. The lowest BCUT2D eigenvalue weighted by molar-refractivity contribution is -0.141. The van der Waals surface area contributed by atoms with E-state index in [1.165, 1.54) is 19.2 Å². The summed E-state index contributed by atoms with van der Waals surface area (Å²) in [6.45, 7) is 6.98. The van der Waals surface area contributed by atoms with Crippen LogP contribution in [0, 0.1) is 5.82 Å². The maximum absolute atomic E-state index is 13.2. The van der Waals surface area contributed by atoms with Gasteiger partial charge in [0.2, 0.25) is 0 Å². The summed E-state index contributed by atoms with van der Waals surface area (Å²) in [6, 6.07) is 12.5. The monoisotopic (exact) mass is 386 g/mol. The largest absolute Gasteiger partial charge is 0.469 e. The molecular formula is C22H27FN2O3. The zero-order chi connectivity index (χ0) is 20.5. The van der Waals surface area contributed by atoms with Crippen LogP contribution < -0.4 is 5.32 Å². The molecule has 2 aromatic carbocycles. The number of methoxy groups -OCH3 is 1. The Bertz CT molecular complexity index is 771. The summed E-state index contributed by atoms with van der Waals surface area (Å²) >= 11 is 0. The highest BCUT2D eigenvalue weighted by atomic mass is 19.1. The molecule has 0 aliphatic heterocycles. The van der Waals surface area contributed by atoms with Gasteiger partial charge in [-0.05, 0) is 48.5 Å². The molecule has 5 nitrogen and oxygen atoms in total. The van der Waals surface area contributed by atoms with Gasteiger partial charge < -0.3 is 10.1 Å². The van der Waals surface area contributed by atoms with Crippen LogP contribution in [0.5, 0.6) is 0 Å². The van der Waals surface area contributed by atoms with Crippen LogP contribution in [0.4, 0.5) is 4.39 Å². The second-order valence-electron chi connectivity index (χ2n) is 6.52. The number of benzene rings is 2. The van der Waals surface area contributed by atoms with E-state index in [-0.39, 0.29) is 18.1 Å². The fraction of sp³-hybridized carbons (Fsp3) is 0.364. The number of nitrogens with zero attached hydrogens (tertiary/aromatic N) is 1. The quantitative estimate of drug-likeness (QED) is 0.668. The number of esters is 1. The average Bonchev–Trinajstić information content (AvgIpc) is 2.72. The van der Waals surface area contributed by atoms with Gasteiger partial charge in [-0.1, -0.05) is 38.1 Å². The van der Waals surface area contributed by atoms with E-state index in [2.05, 4.69) is 24.1 Å². The van der Waals surface area contributed by atoms with Crippen LogP contribution in [0.2, 0.25) is 0 Å². The Morgan fingerprint density at radius 1 is 1.04 bits per heavy atom.